The maximum Gasteiger partial charge on any atom is 0.319 e. The molecule has 3 rings (SSSR count). The van der Waals surface area contributed by atoms with E-state index in [-0.39, 0.29) is 11.7 Å². The van der Waals surface area contributed by atoms with Crippen molar-refractivity contribution in [2.45, 2.75) is 9.79 Å². The first-order chi connectivity index (χ1) is 18.4. The Balaban J connectivity index is 1.60. The topological polar surface area (TPSA) is 153 Å². The molecule has 0 heterocycles. The number of ether oxygens (including phenoxy) is 2. The van der Waals surface area contributed by atoms with Gasteiger partial charge in [-0.05, 0) is 54.5 Å². The van der Waals surface area contributed by atoms with E-state index in [0.717, 1.165) is 9.79 Å². The van der Waals surface area contributed by atoms with E-state index < -0.39 is 5.91 Å². The predicted octanol–water partition coefficient (Wildman–Crippen LogP) is 3.72. The van der Waals surface area contributed by atoms with Crippen LogP contribution in [0.2, 0.25) is 0 Å². The van der Waals surface area contributed by atoms with Gasteiger partial charge in [-0.25, -0.2) is 4.79 Å². The summed E-state index contributed by atoms with van der Waals surface area (Å²) in [6.45, 7) is 1.72. The Bertz CT molecular complexity index is 1370. The fraction of sp³-hybridized carbons (Fsp3) is 0.179. The Labute approximate surface area is 225 Å². The van der Waals surface area contributed by atoms with Gasteiger partial charge in [-0.15, -0.1) is 0 Å². The number of nitrogens with two attached hydrogens (primary N) is 2. The lowest BCUT2D eigenvalue weighted by atomic mass is 10.1. The zero-order valence-electron chi connectivity index (χ0n) is 20.9. The summed E-state index contributed by atoms with van der Waals surface area (Å²) in [4.78, 5) is 25.3. The summed E-state index contributed by atoms with van der Waals surface area (Å²) in [7, 11) is 1.60. The second-order valence-corrected chi connectivity index (χ2v) is 9.02. The Morgan fingerprint density at radius 1 is 1.00 bits per heavy atom. The van der Waals surface area contributed by atoms with Crippen LogP contribution in [0.15, 0.2) is 76.5 Å². The molecule has 0 spiro atoms. The zero-order valence-corrected chi connectivity index (χ0v) is 21.7. The fourth-order valence-corrected chi connectivity index (χ4v) is 4.25. The van der Waals surface area contributed by atoms with Crippen molar-refractivity contribution in [2.75, 3.05) is 44.5 Å². The maximum absolute atomic E-state index is 12.1. The molecule has 0 atom stereocenters. The van der Waals surface area contributed by atoms with Crippen molar-refractivity contribution in [3.8, 4) is 11.8 Å². The third kappa shape index (κ3) is 8.67. The highest BCUT2D eigenvalue weighted by atomic mass is 32.2. The summed E-state index contributed by atoms with van der Waals surface area (Å²) in [6.07, 6.45) is 0. The van der Waals surface area contributed by atoms with Crippen molar-refractivity contribution in [3.05, 3.63) is 83.4 Å². The average Bonchev–Trinajstić information content (AvgIpc) is 2.90. The summed E-state index contributed by atoms with van der Waals surface area (Å²) in [5.74, 6) is 5.26. The number of urea groups is 1. The number of hydrogen-bond donors (Lipinski definition) is 5. The molecule has 10 heteroatoms. The highest BCUT2D eigenvalue weighted by molar-refractivity contribution is 7.99. The van der Waals surface area contributed by atoms with E-state index >= 15 is 0 Å². The largest absolute Gasteiger partial charge is 0.398 e. The quantitative estimate of drug-likeness (QED) is 0.110. The van der Waals surface area contributed by atoms with Crippen LogP contribution in [0.25, 0.3) is 0 Å². The molecule has 0 aromatic heterocycles. The number of nitrogens with one attached hydrogen (secondary N) is 3. The van der Waals surface area contributed by atoms with E-state index in [1.165, 1.54) is 11.8 Å². The van der Waals surface area contributed by atoms with Gasteiger partial charge in [-0.3, -0.25) is 10.2 Å². The van der Waals surface area contributed by atoms with Crippen LogP contribution in [0.5, 0.6) is 0 Å². The van der Waals surface area contributed by atoms with Crippen molar-refractivity contribution in [1.29, 1.82) is 5.41 Å². The first-order valence-corrected chi connectivity index (χ1v) is 12.5. The summed E-state index contributed by atoms with van der Waals surface area (Å²) in [5.41, 5.74) is 14.2. The van der Waals surface area contributed by atoms with E-state index in [4.69, 9.17) is 26.4 Å². The third-order valence-corrected chi connectivity index (χ3v) is 6.15. The standard InChI is InChI=1S/C28H29N5O4S/c1-36-15-16-37-14-13-32-28(35)33-20-6-4-5-19(17-20)9-12-24(29)22-11-10-21(18-25(22)30)38-26-8-3-2-7-23(26)27(31)34/h2-8,10-11,17-18,29H,13-16,30H2,1H3,(H2,31,34)(H2,32,33,35). The molecule has 3 aromatic rings. The summed E-state index contributed by atoms with van der Waals surface area (Å²) >= 11 is 1.36. The van der Waals surface area contributed by atoms with Crippen LogP contribution < -0.4 is 22.1 Å². The lowest BCUT2D eigenvalue weighted by Crippen LogP contribution is -2.31. The van der Waals surface area contributed by atoms with E-state index in [1.807, 2.05) is 18.2 Å². The molecule has 196 valence electrons. The summed E-state index contributed by atoms with van der Waals surface area (Å²) in [6, 6.07) is 19.0. The molecule has 3 amide bonds. The smallest absolute Gasteiger partial charge is 0.319 e. The van der Waals surface area contributed by atoms with Crippen molar-refractivity contribution in [1.82, 2.24) is 5.32 Å². The van der Waals surface area contributed by atoms with Crippen molar-refractivity contribution in [2.24, 2.45) is 5.73 Å². The molecule has 0 unspecified atom stereocenters. The van der Waals surface area contributed by atoms with E-state index in [1.54, 1.807) is 55.6 Å². The molecule has 38 heavy (non-hydrogen) atoms. The van der Waals surface area contributed by atoms with Crippen molar-refractivity contribution in [3.63, 3.8) is 0 Å². The Morgan fingerprint density at radius 2 is 1.82 bits per heavy atom. The number of primary amides is 1. The molecule has 9 nitrogen and oxygen atoms in total. The molecule has 0 aliphatic heterocycles. The number of anilines is 2. The van der Waals surface area contributed by atoms with Crippen LogP contribution in [-0.4, -0.2) is 51.1 Å². The van der Waals surface area contributed by atoms with Crippen LogP contribution in [0.4, 0.5) is 16.2 Å². The lowest BCUT2D eigenvalue weighted by molar-refractivity contribution is 0.0728. The van der Waals surface area contributed by atoms with Gasteiger partial charge in [0.1, 0.15) is 5.71 Å². The van der Waals surface area contributed by atoms with Crippen molar-refractivity contribution >= 4 is 40.8 Å². The Kier molecular flexibility index (Phi) is 10.7. The Hall–Kier alpha value is -4.30. The summed E-state index contributed by atoms with van der Waals surface area (Å²) < 4.78 is 10.2. The number of carbonyl (C=O) groups excluding carboxylic acids is 2. The lowest BCUT2D eigenvalue weighted by Gasteiger charge is -2.09. The normalized spacial score (nSPS) is 10.2. The first kappa shape index (κ1) is 28.3. The minimum absolute atomic E-state index is 0.0566. The van der Waals surface area contributed by atoms with Crippen LogP contribution in [0.1, 0.15) is 21.5 Å². The molecular formula is C28H29N5O4S. The van der Waals surface area contributed by atoms with Crippen LogP contribution in [0.3, 0.4) is 0 Å². The predicted molar refractivity (Wildman–Crippen MR) is 150 cm³/mol. The minimum atomic E-state index is -0.502. The van der Waals surface area contributed by atoms with Crippen LogP contribution >= 0.6 is 11.8 Å². The number of rotatable bonds is 11. The van der Waals surface area contributed by atoms with Gasteiger partial charge in [0.25, 0.3) is 0 Å². The number of benzene rings is 3. The molecule has 0 aliphatic rings. The highest BCUT2D eigenvalue weighted by Crippen LogP contribution is 2.32. The third-order valence-electron chi connectivity index (χ3n) is 5.09. The number of carbonyl (C=O) groups is 2. The average molecular weight is 532 g/mol. The van der Waals surface area contributed by atoms with Crippen LogP contribution in [-0.2, 0) is 9.47 Å². The van der Waals surface area contributed by atoms with Gasteiger partial charge >= 0.3 is 6.03 Å². The molecule has 3 aromatic carbocycles. The van der Waals surface area contributed by atoms with Crippen molar-refractivity contribution < 1.29 is 19.1 Å². The second-order valence-electron chi connectivity index (χ2n) is 7.90. The number of nitrogen functional groups attached to an aromatic ring is 1. The first-order valence-electron chi connectivity index (χ1n) is 11.7. The summed E-state index contributed by atoms with van der Waals surface area (Å²) in [5, 5.41) is 13.8. The molecule has 0 aliphatic carbocycles. The molecule has 0 saturated carbocycles. The van der Waals surface area contributed by atoms with Gasteiger partial charge in [0.15, 0.2) is 0 Å². The maximum atomic E-state index is 12.1. The zero-order chi connectivity index (χ0) is 27.3. The Morgan fingerprint density at radius 3 is 2.58 bits per heavy atom. The van der Waals surface area contributed by atoms with E-state index in [2.05, 4.69) is 22.5 Å². The van der Waals surface area contributed by atoms with E-state index in [9.17, 15) is 9.59 Å². The SMILES string of the molecule is COCCOCCNC(=O)Nc1cccc(C#CC(=N)c2ccc(Sc3ccccc3C(N)=O)cc2N)c1. The van der Waals surface area contributed by atoms with Gasteiger partial charge < -0.3 is 31.6 Å². The molecule has 0 bridgehead atoms. The second kappa shape index (κ2) is 14.4. The van der Waals surface area contributed by atoms with Gasteiger partial charge in [0, 0.05) is 45.9 Å². The number of methoxy groups -OCH3 is 1. The molecule has 0 fully saturated rings. The highest BCUT2D eigenvalue weighted by Gasteiger charge is 2.11. The molecular weight excluding hydrogens is 502 g/mol. The van der Waals surface area contributed by atoms with Gasteiger partial charge in [0.05, 0.1) is 25.4 Å². The molecule has 0 saturated heterocycles. The minimum Gasteiger partial charge on any atom is -0.398 e. The van der Waals surface area contributed by atoms with Gasteiger partial charge in [0.2, 0.25) is 5.91 Å². The number of amides is 3. The van der Waals surface area contributed by atoms with E-state index in [0.29, 0.717) is 54.4 Å². The van der Waals surface area contributed by atoms with Crippen LogP contribution in [0, 0.1) is 17.3 Å². The fourth-order valence-electron chi connectivity index (χ4n) is 3.25. The molecule has 0 radical (unpaired) electrons. The van der Waals surface area contributed by atoms with Gasteiger partial charge in [-0.2, -0.15) is 0 Å². The monoisotopic (exact) mass is 531 g/mol. The van der Waals surface area contributed by atoms with Gasteiger partial charge in [-0.1, -0.05) is 35.9 Å². The molecule has 7 N–H and O–H groups in total. The number of hydrogen-bond acceptors (Lipinski definition) is 7.